The summed E-state index contributed by atoms with van der Waals surface area (Å²) in [4.78, 5) is 32.4. The fraction of sp³-hybridized carbons (Fsp3) is 0.133. The zero-order valence-electron chi connectivity index (χ0n) is 12.6. The van der Waals surface area contributed by atoms with E-state index in [9.17, 15) is 25.0 Å². The van der Waals surface area contributed by atoms with Crippen LogP contribution in [-0.2, 0) is 0 Å². The molecule has 0 aromatic heterocycles. The minimum absolute atomic E-state index is 0.121. The summed E-state index contributed by atoms with van der Waals surface area (Å²) in [7, 11) is 0. The van der Waals surface area contributed by atoms with Crippen molar-refractivity contribution in [2.24, 2.45) is 0 Å². The molecule has 2 aromatic rings. The second-order valence-corrected chi connectivity index (χ2v) is 4.63. The number of carbonyl (C=O) groups is 1. The van der Waals surface area contributed by atoms with Crippen LogP contribution < -0.4 is 10.1 Å². The molecule has 0 aliphatic heterocycles. The Morgan fingerprint density at radius 1 is 1.08 bits per heavy atom. The van der Waals surface area contributed by atoms with Gasteiger partial charge in [0.05, 0.1) is 22.5 Å². The maximum absolute atomic E-state index is 12.2. The summed E-state index contributed by atoms with van der Waals surface area (Å²) in [6.45, 7) is 2.31. The Labute approximate surface area is 136 Å². The van der Waals surface area contributed by atoms with Gasteiger partial charge in [-0.15, -0.1) is 0 Å². The predicted octanol–water partition coefficient (Wildman–Crippen LogP) is 3.15. The number of nitrogens with one attached hydrogen (secondary N) is 1. The Hall–Kier alpha value is -3.49. The van der Waals surface area contributed by atoms with Crippen molar-refractivity contribution in [2.45, 2.75) is 6.92 Å². The Balaban J connectivity index is 2.24. The number of hydrogen-bond donors (Lipinski definition) is 1. The van der Waals surface area contributed by atoms with Crippen LogP contribution in [0.2, 0.25) is 0 Å². The summed E-state index contributed by atoms with van der Waals surface area (Å²) in [6.07, 6.45) is 0. The van der Waals surface area contributed by atoms with Gasteiger partial charge in [-0.1, -0.05) is 0 Å². The number of amides is 1. The molecule has 0 unspecified atom stereocenters. The number of nitrogens with zero attached hydrogens (tertiary/aromatic N) is 2. The van der Waals surface area contributed by atoms with Crippen LogP contribution in [-0.4, -0.2) is 22.4 Å². The molecule has 0 atom stereocenters. The van der Waals surface area contributed by atoms with Crippen molar-refractivity contribution >= 4 is 23.0 Å². The van der Waals surface area contributed by atoms with Gasteiger partial charge in [-0.3, -0.25) is 25.0 Å². The number of carbonyl (C=O) groups excluding carboxylic acids is 1. The van der Waals surface area contributed by atoms with E-state index < -0.39 is 27.1 Å². The molecule has 2 rings (SSSR count). The molecule has 0 radical (unpaired) electrons. The number of nitro benzene ring substituents is 2. The van der Waals surface area contributed by atoms with E-state index >= 15 is 0 Å². The summed E-state index contributed by atoms with van der Waals surface area (Å²) in [5.74, 6) is 0.0189. The zero-order valence-corrected chi connectivity index (χ0v) is 12.6. The quantitative estimate of drug-likeness (QED) is 0.640. The SMILES string of the molecule is CCOc1ccc(C(=O)Nc2ccc([N+](=O)[O-])cc2[N+](=O)[O-])cc1. The van der Waals surface area contributed by atoms with Crippen molar-refractivity contribution in [1.29, 1.82) is 0 Å². The van der Waals surface area contributed by atoms with Crippen LogP contribution in [0.25, 0.3) is 0 Å². The Morgan fingerprint density at radius 2 is 1.75 bits per heavy atom. The summed E-state index contributed by atoms with van der Waals surface area (Å²) < 4.78 is 5.26. The molecule has 0 aliphatic rings. The van der Waals surface area contributed by atoms with Crippen LogP contribution in [0.4, 0.5) is 17.1 Å². The van der Waals surface area contributed by atoms with Crippen molar-refractivity contribution in [2.75, 3.05) is 11.9 Å². The number of ether oxygens (including phenoxy) is 1. The summed E-state index contributed by atoms with van der Waals surface area (Å²) >= 11 is 0. The van der Waals surface area contributed by atoms with Crippen molar-refractivity contribution in [3.63, 3.8) is 0 Å². The molecular weight excluding hydrogens is 318 g/mol. The Morgan fingerprint density at radius 3 is 2.29 bits per heavy atom. The van der Waals surface area contributed by atoms with E-state index in [1.165, 1.54) is 12.1 Å². The third-order valence-corrected chi connectivity index (χ3v) is 3.06. The van der Waals surface area contributed by atoms with Crippen molar-refractivity contribution in [1.82, 2.24) is 0 Å². The average Bonchev–Trinajstić information content (AvgIpc) is 2.55. The van der Waals surface area contributed by atoms with Crippen molar-refractivity contribution in [3.8, 4) is 5.75 Å². The lowest BCUT2D eigenvalue weighted by Gasteiger charge is -2.07. The number of hydrogen-bond acceptors (Lipinski definition) is 6. The van der Waals surface area contributed by atoms with E-state index in [1.807, 2.05) is 6.92 Å². The van der Waals surface area contributed by atoms with Crippen LogP contribution >= 0.6 is 0 Å². The molecule has 124 valence electrons. The summed E-state index contributed by atoms with van der Waals surface area (Å²) in [5, 5.41) is 24.1. The van der Waals surface area contributed by atoms with Crippen molar-refractivity contribution in [3.05, 3.63) is 68.3 Å². The predicted molar refractivity (Wildman–Crippen MR) is 85.3 cm³/mol. The van der Waals surface area contributed by atoms with Gasteiger partial charge in [0, 0.05) is 11.6 Å². The van der Waals surface area contributed by atoms with Crippen LogP contribution in [0, 0.1) is 20.2 Å². The van der Waals surface area contributed by atoms with Crippen LogP contribution in [0.3, 0.4) is 0 Å². The molecule has 2 aromatic carbocycles. The largest absolute Gasteiger partial charge is 0.494 e. The molecule has 0 bridgehead atoms. The molecule has 0 heterocycles. The molecule has 0 spiro atoms. The van der Waals surface area contributed by atoms with Gasteiger partial charge in [-0.25, -0.2) is 0 Å². The maximum atomic E-state index is 12.2. The van der Waals surface area contributed by atoms with Gasteiger partial charge in [-0.05, 0) is 37.3 Å². The highest BCUT2D eigenvalue weighted by atomic mass is 16.6. The minimum Gasteiger partial charge on any atom is -0.494 e. The lowest BCUT2D eigenvalue weighted by atomic mass is 10.2. The summed E-state index contributed by atoms with van der Waals surface area (Å²) in [6, 6.07) is 9.23. The fourth-order valence-corrected chi connectivity index (χ4v) is 1.95. The molecular formula is C15H13N3O6. The molecule has 1 N–H and O–H groups in total. The maximum Gasteiger partial charge on any atom is 0.299 e. The van der Waals surface area contributed by atoms with E-state index in [2.05, 4.69) is 5.32 Å². The molecule has 24 heavy (non-hydrogen) atoms. The molecule has 1 amide bonds. The number of benzene rings is 2. The highest BCUT2D eigenvalue weighted by molar-refractivity contribution is 6.05. The normalized spacial score (nSPS) is 10.0. The van der Waals surface area contributed by atoms with Gasteiger partial charge in [-0.2, -0.15) is 0 Å². The zero-order chi connectivity index (χ0) is 17.7. The van der Waals surface area contributed by atoms with Gasteiger partial charge >= 0.3 is 0 Å². The Bertz CT molecular complexity index is 788. The van der Waals surface area contributed by atoms with Crippen LogP contribution in [0.1, 0.15) is 17.3 Å². The number of non-ortho nitro benzene ring substituents is 1. The second kappa shape index (κ2) is 7.18. The molecule has 9 heteroatoms. The smallest absolute Gasteiger partial charge is 0.299 e. The second-order valence-electron chi connectivity index (χ2n) is 4.63. The number of rotatable bonds is 6. The summed E-state index contributed by atoms with van der Waals surface area (Å²) in [5.41, 5.74) is -0.833. The van der Waals surface area contributed by atoms with Gasteiger partial charge in [0.15, 0.2) is 0 Å². The van der Waals surface area contributed by atoms with Crippen LogP contribution in [0.15, 0.2) is 42.5 Å². The van der Waals surface area contributed by atoms with E-state index in [0.717, 1.165) is 18.2 Å². The lowest BCUT2D eigenvalue weighted by Crippen LogP contribution is -2.13. The monoisotopic (exact) mass is 331 g/mol. The first-order valence-corrected chi connectivity index (χ1v) is 6.89. The molecule has 0 saturated carbocycles. The minimum atomic E-state index is -0.791. The van der Waals surface area contributed by atoms with Gasteiger partial charge in [0.25, 0.3) is 17.3 Å². The first-order valence-electron chi connectivity index (χ1n) is 6.89. The van der Waals surface area contributed by atoms with E-state index in [4.69, 9.17) is 4.74 Å². The van der Waals surface area contributed by atoms with Crippen LogP contribution in [0.5, 0.6) is 5.75 Å². The van der Waals surface area contributed by atoms with Gasteiger partial charge in [0.1, 0.15) is 11.4 Å². The molecule has 0 saturated heterocycles. The fourth-order valence-electron chi connectivity index (χ4n) is 1.95. The van der Waals surface area contributed by atoms with Crippen molar-refractivity contribution < 1.29 is 19.4 Å². The third kappa shape index (κ3) is 3.83. The topological polar surface area (TPSA) is 125 Å². The average molecular weight is 331 g/mol. The van der Waals surface area contributed by atoms with Gasteiger partial charge < -0.3 is 10.1 Å². The van der Waals surface area contributed by atoms with E-state index in [1.54, 1.807) is 12.1 Å². The first kappa shape index (κ1) is 16.9. The lowest BCUT2D eigenvalue weighted by molar-refractivity contribution is -0.393. The third-order valence-electron chi connectivity index (χ3n) is 3.06. The number of nitro groups is 2. The highest BCUT2D eigenvalue weighted by Gasteiger charge is 2.21. The first-order chi connectivity index (χ1) is 11.4. The Kier molecular flexibility index (Phi) is 5.05. The highest BCUT2D eigenvalue weighted by Crippen LogP contribution is 2.29. The van der Waals surface area contributed by atoms with Gasteiger partial charge in [0.2, 0.25) is 0 Å². The number of anilines is 1. The molecule has 0 fully saturated rings. The molecule has 9 nitrogen and oxygen atoms in total. The van der Waals surface area contributed by atoms with E-state index in [0.29, 0.717) is 12.4 Å². The van der Waals surface area contributed by atoms with E-state index in [-0.39, 0.29) is 11.3 Å². The standard InChI is InChI=1S/C15H13N3O6/c1-2-24-12-6-3-10(4-7-12)15(19)16-13-8-5-11(17(20)21)9-14(13)18(22)23/h3-9H,2H2,1H3,(H,16,19). The molecule has 0 aliphatic carbocycles.